The molecule has 0 amide bonds. The van der Waals surface area contributed by atoms with E-state index < -0.39 is 6.36 Å². The lowest BCUT2D eigenvalue weighted by Gasteiger charge is -2.40. The highest BCUT2D eigenvalue weighted by Crippen LogP contribution is 2.47. The van der Waals surface area contributed by atoms with Crippen molar-refractivity contribution < 1.29 is 17.9 Å². The van der Waals surface area contributed by atoms with E-state index in [1.54, 1.807) is 12.1 Å². The highest BCUT2D eigenvalue weighted by atomic mass is 19.4. The Hall–Kier alpha value is -2.41. The monoisotopic (exact) mass is 426 g/mol. The predicted molar refractivity (Wildman–Crippen MR) is 117 cm³/mol. The SMILES string of the molecule is CCCC[C@@H]1CC[C@@H]2c3ccc(C#Cc4ccc(OC(F)(F)F)cc4)cc3CC[C@@H]2C1. The van der Waals surface area contributed by atoms with Crippen LogP contribution in [0.15, 0.2) is 42.5 Å². The minimum absolute atomic E-state index is 0.231. The van der Waals surface area contributed by atoms with E-state index >= 15 is 0 Å². The van der Waals surface area contributed by atoms with Crippen molar-refractivity contribution in [1.82, 2.24) is 0 Å². The van der Waals surface area contributed by atoms with Crippen molar-refractivity contribution in [2.75, 3.05) is 0 Å². The van der Waals surface area contributed by atoms with E-state index in [-0.39, 0.29) is 5.75 Å². The fourth-order valence-electron chi connectivity index (χ4n) is 5.33. The van der Waals surface area contributed by atoms with Crippen LogP contribution in [0.3, 0.4) is 0 Å². The number of hydrogen-bond donors (Lipinski definition) is 0. The zero-order valence-electron chi connectivity index (χ0n) is 18.0. The molecule has 1 saturated carbocycles. The number of halogens is 3. The maximum absolute atomic E-state index is 12.3. The Morgan fingerprint density at radius 2 is 1.71 bits per heavy atom. The van der Waals surface area contributed by atoms with Gasteiger partial charge < -0.3 is 4.74 Å². The first-order chi connectivity index (χ1) is 14.9. The average Bonchev–Trinajstić information content (AvgIpc) is 2.75. The lowest BCUT2D eigenvalue weighted by Crippen LogP contribution is -2.28. The van der Waals surface area contributed by atoms with Gasteiger partial charge in [-0.3, -0.25) is 0 Å². The molecule has 31 heavy (non-hydrogen) atoms. The molecule has 1 nitrogen and oxygen atoms in total. The fourth-order valence-corrected chi connectivity index (χ4v) is 5.33. The maximum Gasteiger partial charge on any atom is 0.573 e. The number of hydrogen-bond acceptors (Lipinski definition) is 1. The van der Waals surface area contributed by atoms with E-state index in [4.69, 9.17) is 0 Å². The normalized spacial score (nSPS) is 22.6. The molecule has 2 aliphatic carbocycles. The zero-order chi connectivity index (χ0) is 21.8. The van der Waals surface area contributed by atoms with Crippen LogP contribution in [-0.2, 0) is 6.42 Å². The molecule has 0 unspecified atom stereocenters. The van der Waals surface area contributed by atoms with Crippen LogP contribution in [0.5, 0.6) is 5.75 Å². The Bertz CT molecular complexity index is 949. The second-order valence-electron chi connectivity index (χ2n) is 8.96. The van der Waals surface area contributed by atoms with Crippen LogP contribution in [0, 0.1) is 23.7 Å². The summed E-state index contributed by atoms with van der Waals surface area (Å²) in [7, 11) is 0. The number of alkyl halides is 3. The molecule has 1 fully saturated rings. The molecular weight excluding hydrogens is 397 g/mol. The van der Waals surface area contributed by atoms with E-state index in [0.29, 0.717) is 11.5 Å². The minimum atomic E-state index is -4.68. The first-order valence-corrected chi connectivity index (χ1v) is 11.4. The molecule has 0 aliphatic heterocycles. The van der Waals surface area contributed by atoms with Crippen LogP contribution in [0.25, 0.3) is 0 Å². The molecular formula is C27H29F3O. The van der Waals surface area contributed by atoms with Crippen LogP contribution in [-0.4, -0.2) is 6.36 Å². The molecule has 0 heterocycles. The number of aryl methyl sites for hydroxylation is 1. The molecule has 0 N–H and O–H groups in total. The quantitative estimate of drug-likeness (QED) is 0.457. The third-order valence-electron chi connectivity index (χ3n) is 6.82. The zero-order valence-corrected chi connectivity index (χ0v) is 18.0. The van der Waals surface area contributed by atoms with E-state index in [2.05, 4.69) is 41.7 Å². The Kier molecular flexibility index (Phi) is 6.60. The number of rotatable bonds is 4. The van der Waals surface area contributed by atoms with Gasteiger partial charge in [0.25, 0.3) is 0 Å². The molecule has 0 aromatic heterocycles. The van der Waals surface area contributed by atoms with E-state index in [0.717, 1.165) is 23.8 Å². The van der Waals surface area contributed by atoms with Gasteiger partial charge in [-0.25, -0.2) is 0 Å². The van der Waals surface area contributed by atoms with Crippen molar-refractivity contribution in [2.24, 2.45) is 11.8 Å². The predicted octanol–water partition coefficient (Wildman–Crippen LogP) is 7.62. The van der Waals surface area contributed by atoms with Crippen LogP contribution in [0.4, 0.5) is 13.2 Å². The molecule has 164 valence electrons. The van der Waals surface area contributed by atoms with Gasteiger partial charge in [-0.05, 0) is 97.4 Å². The van der Waals surface area contributed by atoms with Gasteiger partial charge in [0.1, 0.15) is 5.75 Å². The van der Waals surface area contributed by atoms with Crippen LogP contribution < -0.4 is 4.74 Å². The molecule has 0 bridgehead atoms. The summed E-state index contributed by atoms with van der Waals surface area (Å²) in [6.07, 6.45) is 5.82. The Balaban J connectivity index is 1.43. The number of benzene rings is 2. The smallest absolute Gasteiger partial charge is 0.406 e. The van der Waals surface area contributed by atoms with Crippen molar-refractivity contribution in [2.45, 2.75) is 70.6 Å². The molecule has 0 spiro atoms. The molecule has 4 rings (SSSR count). The molecule has 2 aromatic carbocycles. The largest absolute Gasteiger partial charge is 0.573 e. The molecule has 2 aliphatic rings. The second-order valence-corrected chi connectivity index (χ2v) is 8.96. The highest BCUT2D eigenvalue weighted by molar-refractivity contribution is 5.48. The lowest BCUT2D eigenvalue weighted by atomic mass is 9.64. The second kappa shape index (κ2) is 9.39. The maximum atomic E-state index is 12.3. The summed E-state index contributed by atoms with van der Waals surface area (Å²) in [6, 6.07) is 12.3. The number of ether oxygens (including phenoxy) is 1. The van der Waals surface area contributed by atoms with E-state index in [9.17, 15) is 13.2 Å². The number of fused-ring (bicyclic) bond motifs is 3. The van der Waals surface area contributed by atoms with Gasteiger partial charge >= 0.3 is 6.36 Å². The van der Waals surface area contributed by atoms with Crippen molar-refractivity contribution in [1.29, 1.82) is 0 Å². The van der Waals surface area contributed by atoms with Crippen LogP contribution in [0.2, 0.25) is 0 Å². The Morgan fingerprint density at radius 3 is 2.45 bits per heavy atom. The van der Waals surface area contributed by atoms with Crippen molar-refractivity contribution in [3.8, 4) is 17.6 Å². The fraction of sp³-hybridized carbons (Fsp3) is 0.481. The van der Waals surface area contributed by atoms with Gasteiger partial charge in [-0.15, -0.1) is 13.2 Å². The molecule has 0 radical (unpaired) electrons. The van der Waals surface area contributed by atoms with Crippen LogP contribution in [0.1, 0.15) is 80.0 Å². The standard InChI is InChI=1S/C27H29F3O/c1-2-3-4-20-9-15-25-22(17-20)11-12-23-18-21(10-16-26(23)25)6-5-19-7-13-24(14-8-19)31-27(28,29)30/h7-8,10,13-14,16,18,20,22,25H,2-4,9,11-12,15,17H2,1H3/t20-,22-,25+/m1/s1. The summed E-state index contributed by atoms with van der Waals surface area (Å²) in [5.74, 6) is 8.44. The summed E-state index contributed by atoms with van der Waals surface area (Å²) in [5.41, 5.74) is 4.57. The van der Waals surface area contributed by atoms with Gasteiger partial charge in [0, 0.05) is 11.1 Å². The van der Waals surface area contributed by atoms with E-state index in [1.165, 1.54) is 68.2 Å². The van der Waals surface area contributed by atoms with Gasteiger partial charge in [0.2, 0.25) is 0 Å². The molecule has 2 aromatic rings. The van der Waals surface area contributed by atoms with Gasteiger partial charge in [-0.2, -0.15) is 0 Å². The molecule has 3 atom stereocenters. The average molecular weight is 427 g/mol. The Morgan fingerprint density at radius 1 is 0.968 bits per heavy atom. The van der Waals surface area contributed by atoms with Crippen molar-refractivity contribution >= 4 is 0 Å². The first kappa shape index (κ1) is 21.8. The third-order valence-corrected chi connectivity index (χ3v) is 6.82. The van der Waals surface area contributed by atoms with Gasteiger partial charge in [-0.1, -0.05) is 44.1 Å². The topological polar surface area (TPSA) is 9.23 Å². The van der Waals surface area contributed by atoms with E-state index in [1.807, 2.05) is 0 Å². The molecule has 4 heteroatoms. The summed E-state index contributed by atoms with van der Waals surface area (Å²) in [4.78, 5) is 0. The van der Waals surface area contributed by atoms with Gasteiger partial charge in [0.05, 0.1) is 0 Å². The summed E-state index contributed by atoms with van der Waals surface area (Å²) >= 11 is 0. The number of unbranched alkanes of at least 4 members (excludes halogenated alkanes) is 1. The van der Waals surface area contributed by atoms with Crippen molar-refractivity contribution in [3.63, 3.8) is 0 Å². The third kappa shape index (κ3) is 5.64. The van der Waals surface area contributed by atoms with Crippen molar-refractivity contribution in [3.05, 3.63) is 64.7 Å². The summed E-state index contributed by atoms with van der Waals surface area (Å²) in [6.45, 7) is 2.28. The van der Waals surface area contributed by atoms with Gasteiger partial charge in [0.15, 0.2) is 0 Å². The Labute approximate surface area is 183 Å². The minimum Gasteiger partial charge on any atom is -0.406 e. The first-order valence-electron chi connectivity index (χ1n) is 11.4. The highest BCUT2D eigenvalue weighted by Gasteiger charge is 2.35. The molecule has 0 saturated heterocycles. The summed E-state index contributed by atoms with van der Waals surface area (Å²) in [5, 5.41) is 0. The summed E-state index contributed by atoms with van der Waals surface area (Å²) < 4.78 is 40.7. The lowest BCUT2D eigenvalue weighted by molar-refractivity contribution is -0.274. The van der Waals surface area contributed by atoms with Crippen LogP contribution >= 0.6 is 0 Å².